The van der Waals surface area contributed by atoms with E-state index in [2.05, 4.69) is 10.5 Å². The standard InChI is InChI=1S/C29H24N2O2S2/c32-28(20-29(34-25-15-6-2-7-16-25)35-26-17-8-3-9-18-26)31-30-21-24-14-10-11-19-27(24)33-22-23-12-4-1-5-13-23/h1-21H,22H2,(H,31,32)/b30-21+. The third kappa shape index (κ3) is 8.21. The summed E-state index contributed by atoms with van der Waals surface area (Å²) in [7, 11) is 0. The molecule has 0 saturated heterocycles. The lowest BCUT2D eigenvalue weighted by atomic mass is 10.2. The molecule has 0 aliphatic heterocycles. The Labute approximate surface area is 214 Å². The molecule has 4 aromatic rings. The van der Waals surface area contributed by atoms with Crippen molar-refractivity contribution in [2.75, 3.05) is 0 Å². The second-order valence-corrected chi connectivity index (χ2v) is 9.83. The Morgan fingerprint density at radius 2 is 1.29 bits per heavy atom. The van der Waals surface area contributed by atoms with Crippen LogP contribution in [0.1, 0.15) is 11.1 Å². The van der Waals surface area contributed by atoms with E-state index in [4.69, 9.17) is 4.74 Å². The average Bonchev–Trinajstić information content (AvgIpc) is 2.90. The van der Waals surface area contributed by atoms with Crippen LogP contribution in [0.5, 0.6) is 5.75 Å². The number of rotatable bonds is 10. The van der Waals surface area contributed by atoms with Crippen LogP contribution in [0.15, 0.2) is 140 Å². The number of hydrazone groups is 1. The fourth-order valence-corrected chi connectivity index (χ4v) is 5.17. The van der Waals surface area contributed by atoms with Gasteiger partial charge in [-0.1, -0.05) is 102 Å². The number of benzene rings is 4. The highest BCUT2D eigenvalue weighted by Crippen LogP contribution is 2.38. The first-order valence-electron chi connectivity index (χ1n) is 11.0. The molecule has 0 spiro atoms. The molecule has 35 heavy (non-hydrogen) atoms. The Balaban J connectivity index is 1.42. The molecule has 174 valence electrons. The zero-order valence-corrected chi connectivity index (χ0v) is 20.5. The number of hydrogen-bond acceptors (Lipinski definition) is 5. The first-order chi connectivity index (χ1) is 17.3. The van der Waals surface area contributed by atoms with E-state index in [1.807, 2.05) is 115 Å². The predicted molar refractivity (Wildman–Crippen MR) is 146 cm³/mol. The summed E-state index contributed by atoms with van der Waals surface area (Å²) in [4.78, 5) is 14.8. The number of hydrogen-bond donors (Lipinski definition) is 1. The lowest BCUT2D eigenvalue weighted by Gasteiger charge is -2.09. The van der Waals surface area contributed by atoms with Gasteiger partial charge in [0, 0.05) is 21.4 Å². The molecule has 1 amide bonds. The van der Waals surface area contributed by atoms with Crippen LogP contribution in [-0.4, -0.2) is 12.1 Å². The van der Waals surface area contributed by atoms with Gasteiger partial charge in [0.05, 0.1) is 10.5 Å². The van der Waals surface area contributed by atoms with Gasteiger partial charge in [0.15, 0.2) is 0 Å². The zero-order valence-electron chi connectivity index (χ0n) is 18.9. The molecular formula is C29H24N2O2S2. The molecule has 4 rings (SSSR count). The molecule has 0 unspecified atom stereocenters. The van der Waals surface area contributed by atoms with Crippen LogP contribution in [0.25, 0.3) is 0 Å². The molecule has 0 radical (unpaired) electrons. The van der Waals surface area contributed by atoms with Crippen LogP contribution in [0.2, 0.25) is 0 Å². The van der Waals surface area contributed by atoms with E-state index in [9.17, 15) is 4.79 Å². The molecule has 0 heterocycles. The number of amides is 1. The van der Waals surface area contributed by atoms with Crippen molar-refractivity contribution >= 4 is 35.6 Å². The van der Waals surface area contributed by atoms with Crippen molar-refractivity contribution in [2.24, 2.45) is 5.10 Å². The topological polar surface area (TPSA) is 50.7 Å². The number of carbonyl (C=O) groups is 1. The molecule has 4 nitrogen and oxygen atoms in total. The summed E-state index contributed by atoms with van der Waals surface area (Å²) < 4.78 is 6.80. The monoisotopic (exact) mass is 496 g/mol. The largest absolute Gasteiger partial charge is 0.488 e. The summed E-state index contributed by atoms with van der Waals surface area (Å²) >= 11 is 3.08. The summed E-state index contributed by atoms with van der Waals surface area (Å²) in [6, 6.07) is 37.5. The molecule has 0 saturated carbocycles. The second-order valence-electron chi connectivity index (χ2n) is 7.34. The van der Waals surface area contributed by atoms with Gasteiger partial charge in [0.25, 0.3) is 5.91 Å². The Kier molecular flexibility index (Phi) is 9.21. The molecule has 0 fully saturated rings. The quantitative estimate of drug-likeness (QED) is 0.110. The third-order valence-corrected chi connectivity index (χ3v) is 6.86. The Hall–Kier alpha value is -3.74. The Morgan fingerprint density at radius 1 is 0.743 bits per heavy atom. The number of thioether (sulfide) groups is 2. The summed E-state index contributed by atoms with van der Waals surface area (Å²) in [5.74, 6) is 0.399. The molecule has 1 N–H and O–H groups in total. The highest BCUT2D eigenvalue weighted by atomic mass is 32.2. The van der Waals surface area contributed by atoms with Crippen LogP contribution in [-0.2, 0) is 11.4 Å². The van der Waals surface area contributed by atoms with E-state index in [1.54, 1.807) is 35.8 Å². The number of carbonyl (C=O) groups excluding carboxylic acids is 1. The maximum Gasteiger partial charge on any atom is 0.265 e. The highest BCUT2D eigenvalue weighted by molar-refractivity contribution is 8.22. The average molecular weight is 497 g/mol. The number of nitrogens with one attached hydrogen (secondary N) is 1. The van der Waals surface area contributed by atoms with E-state index in [1.165, 1.54) is 0 Å². The molecule has 6 heteroatoms. The summed E-state index contributed by atoms with van der Waals surface area (Å²) in [5, 5.41) is 4.16. The van der Waals surface area contributed by atoms with E-state index in [0.29, 0.717) is 12.4 Å². The fraction of sp³-hybridized carbons (Fsp3) is 0.0345. The van der Waals surface area contributed by atoms with Crippen molar-refractivity contribution in [3.05, 3.63) is 137 Å². The van der Waals surface area contributed by atoms with Gasteiger partial charge in [-0.2, -0.15) is 5.10 Å². The lowest BCUT2D eigenvalue weighted by molar-refractivity contribution is -0.116. The molecule has 0 aromatic heterocycles. The lowest BCUT2D eigenvalue weighted by Crippen LogP contribution is -2.14. The summed E-state index contributed by atoms with van der Waals surface area (Å²) in [5.41, 5.74) is 4.47. The van der Waals surface area contributed by atoms with E-state index < -0.39 is 0 Å². The van der Waals surface area contributed by atoms with Gasteiger partial charge in [0.2, 0.25) is 0 Å². The minimum atomic E-state index is -0.300. The molecule has 0 bridgehead atoms. The van der Waals surface area contributed by atoms with Gasteiger partial charge >= 0.3 is 0 Å². The first-order valence-corrected chi connectivity index (χ1v) is 12.7. The second kappa shape index (κ2) is 13.2. The van der Waals surface area contributed by atoms with Crippen molar-refractivity contribution in [3.63, 3.8) is 0 Å². The van der Waals surface area contributed by atoms with Crippen LogP contribution < -0.4 is 10.2 Å². The summed E-state index contributed by atoms with van der Waals surface area (Å²) in [6.45, 7) is 0.456. The number of para-hydroxylation sites is 1. The SMILES string of the molecule is O=C(C=C(Sc1ccccc1)Sc1ccccc1)N/N=C/c1ccccc1OCc1ccccc1. The van der Waals surface area contributed by atoms with E-state index in [0.717, 1.165) is 25.2 Å². The van der Waals surface area contributed by atoms with Crippen LogP contribution in [0.4, 0.5) is 0 Å². The molecule has 0 atom stereocenters. The van der Waals surface area contributed by atoms with Crippen molar-refractivity contribution in [1.82, 2.24) is 5.43 Å². The van der Waals surface area contributed by atoms with Crippen LogP contribution >= 0.6 is 23.5 Å². The molecule has 0 aliphatic carbocycles. The van der Waals surface area contributed by atoms with Crippen molar-refractivity contribution < 1.29 is 9.53 Å². The molecule has 0 aliphatic rings. The van der Waals surface area contributed by atoms with E-state index >= 15 is 0 Å². The van der Waals surface area contributed by atoms with Gasteiger partial charge < -0.3 is 4.74 Å². The van der Waals surface area contributed by atoms with Gasteiger partial charge in [0.1, 0.15) is 12.4 Å². The third-order valence-electron chi connectivity index (χ3n) is 4.71. The first kappa shape index (κ1) is 24.4. The number of nitrogens with zero attached hydrogens (tertiary/aromatic N) is 1. The maximum absolute atomic E-state index is 12.7. The fourth-order valence-electron chi connectivity index (χ4n) is 3.05. The van der Waals surface area contributed by atoms with Crippen molar-refractivity contribution in [1.29, 1.82) is 0 Å². The minimum Gasteiger partial charge on any atom is -0.488 e. The van der Waals surface area contributed by atoms with Gasteiger partial charge in [-0.05, 0) is 42.0 Å². The summed E-state index contributed by atoms with van der Waals surface area (Å²) in [6.07, 6.45) is 3.17. The highest BCUT2D eigenvalue weighted by Gasteiger charge is 2.07. The van der Waals surface area contributed by atoms with Gasteiger partial charge in [-0.25, -0.2) is 5.43 Å². The normalized spacial score (nSPS) is 10.6. The van der Waals surface area contributed by atoms with E-state index in [-0.39, 0.29) is 5.91 Å². The smallest absolute Gasteiger partial charge is 0.265 e. The minimum absolute atomic E-state index is 0.300. The molecular weight excluding hydrogens is 472 g/mol. The van der Waals surface area contributed by atoms with Crippen molar-refractivity contribution in [3.8, 4) is 5.75 Å². The maximum atomic E-state index is 12.7. The number of ether oxygens (including phenoxy) is 1. The van der Waals surface area contributed by atoms with Gasteiger partial charge in [-0.15, -0.1) is 0 Å². The Bertz CT molecular complexity index is 1230. The predicted octanol–water partition coefficient (Wildman–Crippen LogP) is 7.14. The van der Waals surface area contributed by atoms with Crippen LogP contribution in [0, 0.1) is 0 Å². The van der Waals surface area contributed by atoms with Crippen LogP contribution in [0.3, 0.4) is 0 Å². The molecule has 4 aromatic carbocycles. The Morgan fingerprint density at radius 3 is 1.91 bits per heavy atom. The van der Waals surface area contributed by atoms with Gasteiger partial charge in [-0.3, -0.25) is 4.79 Å². The zero-order chi connectivity index (χ0) is 24.1. The van der Waals surface area contributed by atoms with Crippen molar-refractivity contribution in [2.45, 2.75) is 16.4 Å².